The van der Waals surface area contributed by atoms with Crippen LogP contribution in [-0.2, 0) is 19.5 Å². The van der Waals surface area contributed by atoms with E-state index in [4.69, 9.17) is 0 Å². The van der Waals surface area contributed by atoms with Crippen molar-refractivity contribution in [3.05, 3.63) is 18.2 Å². The Morgan fingerprint density at radius 3 is 1.14 bits per heavy atom. The van der Waals surface area contributed by atoms with Crippen molar-refractivity contribution in [2.24, 2.45) is 0 Å². The molecule has 0 fully saturated rings. The molecule has 42 heavy (non-hydrogen) atoms. The molecular weight excluding hydrogens is 508 g/mol. The first-order chi connectivity index (χ1) is 20.8. The van der Waals surface area contributed by atoms with Crippen molar-refractivity contribution in [1.29, 1.82) is 0 Å². The predicted octanol–water partition coefficient (Wildman–Crippen LogP) is 13.5. The Morgan fingerprint density at radius 2 is 0.738 bits per heavy atom. The average molecular weight is 588 g/mol. The molecule has 0 bridgehead atoms. The Kier molecular flexibility index (Phi) is 29.5. The second kappa shape index (κ2) is 31.6. The third-order valence-corrected chi connectivity index (χ3v) is 9.60. The van der Waals surface area contributed by atoms with Gasteiger partial charge in [0.05, 0.1) is 13.1 Å². The van der Waals surface area contributed by atoms with Crippen LogP contribution in [0.2, 0.25) is 0 Å². The molecule has 0 saturated heterocycles. The van der Waals surface area contributed by atoms with Gasteiger partial charge < -0.3 is 0 Å². The monoisotopic (exact) mass is 588 g/mol. The van der Waals surface area contributed by atoms with E-state index in [9.17, 15) is 0 Å². The molecule has 248 valence electrons. The van der Waals surface area contributed by atoms with Crippen molar-refractivity contribution < 1.29 is 4.57 Å². The van der Waals surface area contributed by atoms with Gasteiger partial charge in [-0.15, -0.1) is 0 Å². The summed E-state index contributed by atoms with van der Waals surface area (Å²) in [5.74, 6) is 1.62. The summed E-state index contributed by atoms with van der Waals surface area (Å²) in [7, 11) is 0. The quantitative estimate of drug-likeness (QED) is 0.0560. The van der Waals surface area contributed by atoms with Gasteiger partial charge in [0, 0.05) is 6.42 Å². The van der Waals surface area contributed by atoms with E-state index in [0.29, 0.717) is 0 Å². The van der Waals surface area contributed by atoms with Gasteiger partial charge in [-0.3, -0.25) is 0 Å². The Labute approximate surface area is 266 Å². The van der Waals surface area contributed by atoms with Gasteiger partial charge in [0.1, 0.15) is 12.4 Å². The van der Waals surface area contributed by atoms with E-state index in [2.05, 4.69) is 42.3 Å². The summed E-state index contributed by atoms with van der Waals surface area (Å²) in [4.78, 5) is 0. The predicted molar refractivity (Wildman–Crippen MR) is 188 cm³/mol. The minimum absolute atomic E-state index is 1.23. The maximum absolute atomic E-state index is 2.63. The lowest BCUT2D eigenvalue weighted by atomic mass is 10.0. The summed E-state index contributed by atoms with van der Waals surface area (Å²) in [5.41, 5.74) is 0. The van der Waals surface area contributed by atoms with E-state index in [1.54, 1.807) is 5.82 Å². The molecule has 0 N–H and O–H groups in total. The van der Waals surface area contributed by atoms with E-state index >= 15 is 0 Å². The van der Waals surface area contributed by atoms with Gasteiger partial charge in [-0.2, -0.15) is 0 Å². The summed E-state index contributed by atoms with van der Waals surface area (Å²) in [6.45, 7) is 9.40. The van der Waals surface area contributed by atoms with Crippen molar-refractivity contribution in [2.45, 2.75) is 239 Å². The minimum atomic E-state index is 1.23. The van der Waals surface area contributed by atoms with Gasteiger partial charge in [0.2, 0.25) is 0 Å². The highest BCUT2D eigenvalue weighted by atomic mass is 15.1. The van der Waals surface area contributed by atoms with Crippen molar-refractivity contribution in [3.63, 3.8) is 0 Å². The van der Waals surface area contributed by atoms with E-state index in [1.165, 1.54) is 219 Å². The topological polar surface area (TPSA) is 8.81 Å². The van der Waals surface area contributed by atoms with Crippen LogP contribution in [0.25, 0.3) is 0 Å². The SMILES string of the molecule is CCCCCCCCCCCCCCCC[n+]1ccn(CCCCCCCCCCC)c1CCCCCCCCCC. The molecule has 0 saturated carbocycles. The van der Waals surface area contributed by atoms with Crippen molar-refractivity contribution in [3.8, 4) is 0 Å². The van der Waals surface area contributed by atoms with Crippen LogP contribution in [0.3, 0.4) is 0 Å². The van der Waals surface area contributed by atoms with Crippen molar-refractivity contribution >= 4 is 0 Å². The Morgan fingerprint density at radius 1 is 0.405 bits per heavy atom. The third-order valence-electron chi connectivity index (χ3n) is 9.60. The molecule has 1 aromatic rings. The van der Waals surface area contributed by atoms with Crippen LogP contribution in [0.5, 0.6) is 0 Å². The highest BCUT2D eigenvalue weighted by Crippen LogP contribution is 2.15. The van der Waals surface area contributed by atoms with Gasteiger partial charge in [-0.25, -0.2) is 9.13 Å². The molecule has 0 amide bonds. The summed E-state index contributed by atoms with van der Waals surface area (Å²) in [6, 6.07) is 0. The molecule has 1 heterocycles. The van der Waals surface area contributed by atoms with E-state index < -0.39 is 0 Å². The van der Waals surface area contributed by atoms with Gasteiger partial charge in [-0.05, 0) is 32.1 Å². The van der Waals surface area contributed by atoms with Crippen LogP contribution < -0.4 is 4.57 Å². The second-order valence-corrected chi connectivity index (χ2v) is 13.8. The molecule has 0 atom stereocenters. The van der Waals surface area contributed by atoms with Crippen LogP contribution in [0.4, 0.5) is 0 Å². The van der Waals surface area contributed by atoms with Crippen LogP contribution in [0, 0.1) is 0 Å². The van der Waals surface area contributed by atoms with Crippen LogP contribution >= 0.6 is 0 Å². The number of imidazole rings is 1. The molecule has 0 aliphatic rings. The van der Waals surface area contributed by atoms with Gasteiger partial charge in [0.15, 0.2) is 0 Å². The number of aryl methyl sites for hydroxylation is 2. The molecule has 0 aliphatic heterocycles. The number of aromatic nitrogens is 2. The number of hydrogen-bond acceptors (Lipinski definition) is 0. The average Bonchev–Trinajstić information content (AvgIpc) is 3.38. The van der Waals surface area contributed by atoms with Crippen LogP contribution in [0.1, 0.15) is 226 Å². The maximum Gasteiger partial charge on any atom is 0.256 e. The minimum Gasteiger partial charge on any atom is -0.234 e. The summed E-state index contributed by atoms with van der Waals surface area (Å²) >= 11 is 0. The van der Waals surface area contributed by atoms with Gasteiger partial charge in [0.25, 0.3) is 5.82 Å². The summed E-state index contributed by atoms with van der Waals surface area (Å²) < 4.78 is 5.27. The van der Waals surface area contributed by atoms with E-state index in [0.717, 1.165) is 0 Å². The fourth-order valence-corrected chi connectivity index (χ4v) is 6.68. The van der Waals surface area contributed by atoms with Crippen LogP contribution in [-0.4, -0.2) is 4.57 Å². The summed E-state index contributed by atoms with van der Waals surface area (Å²) in [6.07, 6.45) is 50.4. The normalized spacial score (nSPS) is 11.6. The number of nitrogens with zero attached hydrogens (tertiary/aromatic N) is 2. The molecule has 1 aromatic heterocycles. The molecule has 2 nitrogen and oxygen atoms in total. The zero-order valence-electron chi connectivity index (χ0n) is 29.6. The zero-order valence-corrected chi connectivity index (χ0v) is 29.6. The molecule has 0 radical (unpaired) electrons. The molecule has 0 spiro atoms. The second-order valence-electron chi connectivity index (χ2n) is 13.8. The maximum atomic E-state index is 2.63. The first-order valence-electron chi connectivity index (χ1n) is 19.9. The van der Waals surface area contributed by atoms with Gasteiger partial charge >= 0.3 is 0 Å². The lowest BCUT2D eigenvalue weighted by Gasteiger charge is -2.07. The van der Waals surface area contributed by atoms with Crippen molar-refractivity contribution in [1.82, 2.24) is 4.57 Å². The van der Waals surface area contributed by atoms with Gasteiger partial charge in [-0.1, -0.05) is 188 Å². The molecule has 2 heteroatoms. The smallest absolute Gasteiger partial charge is 0.234 e. The fourth-order valence-electron chi connectivity index (χ4n) is 6.68. The van der Waals surface area contributed by atoms with Crippen molar-refractivity contribution in [2.75, 3.05) is 0 Å². The molecule has 0 aliphatic carbocycles. The Balaban J connectivity index is 2.27. The first kappa shape index (κ1) is 39.2. The molecule has 1 rings (SSSR count). The largest absolute Gasteiger partial charge is 0.256 e. The lowest BCUT2D eigenvalue weighted by molar-refractivity contribution is -0.704. The van der Waals surface area contributed by atoms with Crippen LogP contribution in [0.15, 0.2) is 12.4 Å². The highest BCUT2D eigenvalue weighted by molar-refractivity contribution is 4.84. The molecular formula is C40H79N2+. The number of rotatable bonds is 34. The highest BCUT2D eigenvalue weighted by Gasteiger charge is 2.16. The number of hydrogen-bond donors (Lipinski definition) is 0. The lowest BCUT2D eigenvalue weighted by Crippen LogP contribution is -2.37. The third kappa shape index (κ3) is 23.6. The molecule has 0 aromatic carbocycles. The number of unbranched alkanes of at least 4 members (excludes halogenated alkanes) is 28. The Bertz CT molecular complexity index is 648. The Hall–Kier alpha value is -0.790. The van der Waals surface area contributed by atoms with E-state index in [1.807, 2.05) is 0 Å². The molecule has 0 unspecified atom stereocenters. The van der Waals surface area contributed by atoms with E-state index in [-0.39, 0.29) is 0 Å². The first-order valence-corrected chi connectivity index (χ1v) is 19.9. The zero-order chi connectivity index (χ0) is 30.2. The summed E-state index contributed by atoms with van der Waals surface area (Å²) in [5, 5.41) is 0. The standard InChI is InChI=1S/C40H79N2/c1-4-7-10-13-16-19-20-21-22-23-25-28-31-34-37-42-39-38-41(36-33-30-27-24-17-14-11-8-5-2)40(42)35-32-29-26-18-15-12-9-6-3/h38-39H,4-37H2,1-3H3/q+1. The fraction of sp³-hybridized carbons (Fsp3) is 0.925.